The number of fused-ring (bicyclic) bond motifs is 1. The van der Waals surface area contributed by atoms with Gasteiger partial charge in [-0.2, -0.15) is 0 Å². The zero-order chi connectivity index (χ0) is 26.8. The summed E-state index contributed by atoms with van der Waals surface area (Å²) in [6, 6.07) is 17.6. The Hall–Kier alpha value is -4.59. The van der Waals surface area contributed by atoms with Gasteiger partial charge in [0.15, 0.2) is 0 Å². The Morgan fingerprint density at radius 1 is 1.05 bits per heavy atom. The zero-order valence-corrected chi connectivity index (χ0v) is 21.1. The fraction of sp³-hybridized carbons (Fsp3) is 0.233. The van der Waals surface area contributed by atoms with Crippen molar-refractivity contribution in [2.24, 2.45) is 0 Å². The number of aliphatic hydroxyl groups excluding tert-OH is 1. The highest BCUT2D eigenvalue weighted by Crippen LogP contribution is 2.43. The fourth-order valence-corrected chi connectivity index (χ4v) is 4.89. The molecule has 1 N–H and O–H groups in total. The third-order valence-electron chi connectivity index (χ3n) is 6.67. The number of aryl methyl sites for hydroxylation is 1. The maximum absolute atomic E-state index is 13.5. The van der Waals surface area contributed by atoms with Gasteiger partial charge in [-0.3, -0.25) is 14.5 Å². The molecule has 3 aromatic carbocycles. The number of amides is 1. The minimum absolute atomic E-state index is 0.0542. The van der Waals surface area contributed by atoms with Gasteiger partial charge in [0.05, 0.1) is 37.5 Å². The maximum atomic E-state index is 13.5. The lowest BCUT2D eigenvalue weighted by Gasteiger charge is -2.26. The minimum Gasteiger partial charge on any atom is -0.507 e. The number of hydrogen-bond acceptors (Lipinski definition) is 7. The van der Waals surface area contributed by atoms with E-state index in [0.717, 1.165) is 24.2 Å². The zero-order valence-electron chi connectivity index (χ0n) is 21.1. The number of nitrogens with zero attached hydrogens (tertiary/aromatic N) is 1. The predicted octanol–water partition coefficient (Wildman–Crippen LogP) is 4.82. The first-order valence-corrected chi connectivity index (χ1v) is 12.4. The number of benzene rings is 3. The molecule has 8 heteroatoms. The highest BCUT2D eigenvalue weighted by atomic mass is 16.5. The van der Waals surface area contributed by atoms with Crippen LogP contribution in [0.5, 0.6) is 11.5 Å². The summed E-state index contributed by atoms with van der Waals surface area (Å²) in [6.45, 7) is 2.53. The molecular weight excluding hydrogens is 486 g/mol. The lowest BCUT2D eigenvalue weighted by molar-refractivity contribution is -0.132. The van der Waals surface area contributed by atoms with Crippen molar-refractivity contribution in [2.45, 2.75) is 25.8 Å². The van der Waals surface area contributed by atoms with Crippen molar-refractivity contribution in [1.82, 2.24) is 0 Å². The highest BCUT2D eigenvalue weighted by Gasteiger charge is 2.47. The van der Waals surface area contributed by atoms with Gasteiger partial charge >= 0.3 is 5.97 Å². The molecule has 5 rings (SSSR count). The van der Waals surface area contributed by atoms with Gasteiger partial charge < -0.3 is 19.3 Å². The Kier molecular flexibility index (Phi) is 6.87. The van der Waals surface area contributed by atoms with Gasteiger partial charge in [0, 0.05) is 11.3 Å². The summed E-state index contributed by atoms with van der Waals surface area (Å²) in [4.78, 5) is 40.7. The van der Waals surface area contributed by atoms with E-state index in [9.17, 15) is 19.5 Å². The summed E-state index contributed by atoms with van der Waals surface area (Å²) in [7, 11) is 1.52. The molecule has 1 fully saturated rings. The lowest BCUT2D eigenvalue weighted by Crippen LogP contribution is -2.29. The molecule has 38 heavy (non-hydrogen) atoms. The smallest absolute Gasteiger partial charge is 0.338 e. The summed E-state index contributed by atoms with van der Waals surface area (Å²) >= 11 is 0. The number of carbonyl (C=O) groups is 3. The standard InChI is InChI=1S/C30H27NO7/c1-3-37-30(35)21-8-4-10-22(16-21)31-26(19-7-5-11-23(17-19)36-2)25(28(33)29(31)34)27(32)20-12-13-24-18(15-20)9-6-14-38-24/h4-5,7-8,10-13,15-17,26,32H,3,6,9,14H2,1-2H3/b27-25-. The Bertz CT molecular complexity index is 1460. The van der Waals surface area contributed by atoms with E-state index in [1.807, 2.05) is 0 Å². The van der Waals surface area contributed by atoms with Gasteiger partial charge in [-0.15, -0.1) is 0 Å². The largest absolute Gasteiger partial charge is 0.507 e. The van der Waals surface area contributed by atoms with Crippen LogP contribution >= 0.6 is 0 Å². The number of esters is 1. The number of aliphatic hydroxyl groups is 1. The molecule has 2 aliphatic heterocycles. The Morgan fingerprint density at radius 3 is 2.66 bits per heavy atom. The van der Waals surface area contributed by atoms with Gasteiger partial charge in [0.25, 0.3) is 11.7 Å². The molecule has 2 heterocycles. The van der Waals surface area contributed by atoms with Gasteiger partial charge in [0.1, 0.15) is 17.3 Å². The molecule has 0 aromatic heterocycles. The van der Waals surface area contributed by atoms with Gasteiger partial charge in [0.2, 0.25) is 0 Å². The topological polar surface area (TPSA) is 102 Å². The van der Waals surface area contributed by atoms with E-state index in [1.165, 1.54) is 18.1 Å². The van der Waals surface area contributed by atoms with Crippen molar-refractivity contribution < 1.29 is 33.7 Å². The molecule has 1 saturated heterocycles. The van der Waals surface area contributed by atoms with Crippen LogP contribution in [0.4, 0.5) is 5.69 Å². The number of Topliss-reactive ketones (excluding diaryl/α,β-unsaturated/α-hetero) is 1. The van der Waals surface area contributed by atoms with Crippen LogP contribution in [0, 0.1) is 0 Å². The van der Waals surface area contributed by atoms with E-state index < -0.39 is 23.7 Å². The molecule has 1 amide bonds. The Balaban J connectivity index is 1.68. The van der Waals surface area contributed by atoms with Crippen LogP contribution < -0.4 is 14.4 Å². The molecule has 0 aliphatic carbocycles. The van der Waals surface area contributed by atoms with Crippen LogP contribution in [0.3, 0.4) is 0 Å². The van der Waals surface area contributed by atoms with Crippen LogP contribution in [0.25, 0.3) is 5.76 Å². The fourth-order valence-electron chi connectivity index (χ4n) is 4.89. The van der Waals surface area contributed by atoms with E-state index in [0.29, 0.717) is 29.2 Å². The molecule has 194 valence electrons. The summed E-state index contributed by atoms with van der Waals surface area (Å²) in [6.07, 6.45) is 1.63. The molecule has 0 saturated carbocycles. The monoisotopic (exact) mass is 513 g/mol. The van der Waals surface area contributed by atoms with Crippen molar-refractivity contribution in [3.05, 3.63) is 94.6 Å². The lowest BCUT2D eigenvalue weighted by atomic mass is 9.93. The van der Waals surface area contributed by atoms with E-state index in [1.54, 1.807) is 67.6 Å². The summed E-state index contributed by atoms with van der Waals surface area (Å²) in [5.74, 6) is -1.20. The van der Waals surface area contributed by atoms with Gasteiger partial charge in [-0.25, -0.2) is 4.79 Å². The second kappa shape index (κ2) is 10.4. The molecule has 0 radical (unpaired) electrons. The van der Waals surface area contributed by atoms with E-state index >= 15 is 0 Å². The number of methoxy groups -OCH3 is 1. The number of ether oxygens (including phenoxy) is 3. The van der Waals surface area contributed by atoms with Crippen molar-refractivity contribution in [1.29, 1.82) is 0 Å². The van der Waals surface area contributed by atoms with E-state index in [2.05, 4.69) is 0 Å². The number of rotatable bonds is 6. The quantitative estimate of drug-likeness (QED) is 0.218. The average Bonchev–Trinajstić information content (AvgIpc) is 3.22. The maximum Gasteiger partial charge on any atom is 0.338 e. The van der Waals surface area contributed by atoms with Gasteiger partial charge in [-0.05, 0) is 79.4 Å². The first-order chi connectivity index (χ1) is 18.4. The van der Waals surface area contributed by atoms with Crippen LogP contribution in [0.2, 0.25) is 0 Å². The summed E-state index contributed by atoms with van der Waals surface area (Å²) in [5.41, 5.74) is 2.41. The normalized spacial score (nSPS) is 18.1. The average molecular weight is 514 g/mol. The number of anilines is 1. The first kappa shape index (κ1) is 25.1. The number of hydrogen-bond donors (Lipinski definition) is 1. The number of ketones is 1. The van der Waals surface area contributed by atoms with Crippen molar-refractivity contribution >= 4 is 29.1 Å². The van der Waals surface area contributed by atoms with Crippen LogP contribution in [-0.4, -0.2) is 43.1 Å². The molecule has 1 unspecified atom stereocenters. The van der Waals surface area contributed by atoms with Crippen molar-refractivity contribution in [3.8, 4) is 11.5 Å². The molecule has 8 nitrogen and oxygen atoms in total. The second-order valence-corrected chi connectivity index (χ2v) is 8.99. The summed E-state index contributed by atoms with van der Waals surface area (Å²) < 4.78 is 16.2. The van der Waals surface area contributed by atoms with E-state index in [4.69, 9.17) is 14.2 Å². The molecule has 3 aromatic rings. The van der Waals surface area contributed by atoms with E-state index in [-0.39, 0.29) is 23.5 Å². The van der Waals surface area contributed by atoms with Gasteiger partial charge in [-0.1, -0.05) is 18.2 Å². The van der Waals surface area contributed by atoms with Crippen LogP contribution in [-0.2, 0) is 20.7 Å². The van der Waals surface area contributed by atoms with Crippen molar-refractivity contribution in [2.75, 3.05) is 25.2 Å². The highest BCUT2D eigenvalue weighted by molar-refractivity contribution is 6.51. The van der Waals surface area contributed by atoms with Crippen molar-refractivity contribution in [3.63, 3.8) is 0 Å². The minimum atomic E-state index is -0.963. The van der Waals surface area contributed by atoms with Crippen LogP contribution in [0.1, 0.15) is 46.4 Å². The molecule has 2 aliphatic rings. The third-order valence-corrected chi connectivity index (χ3v) is 6.67. The predicted molar refractivity (Wildman–Crippen MR) is 140 cm³/mol. The molecule has 1 atom stereocenters. The second-order valence-electron chi connectivity index (χ2n) is 8.99. The Morgan fingerprint density at radius 2 is 1.87 bits per heavy atom. The number of carbonyl (C=O) groups excluding carboxylic acids is 3. The first-order valence-electron chi connectivity index (χ1n) is 12.4. The summed E-state index contributed by atoms with van der Waals surface area (Å²) in [5, 5.41) is 11.5. The molecular formula is C30H27NO7. The third kappa shape index (κ3) is 4.49. The Labute approximate surface area is 220 Å². The van der Waals surface area contributed by atoms with Crippen LogP contribution in [0.15, 0.2) is 72.3 Å². The SMILES string of the molecule is CCOC(=O)c1cccc(N2C(=O)C(=O)/C(=C(\O)c3ccc4c(c3)CCCO4)C2c2cccc(OC)c2)c1. The molecule has 0 bridgehead atoms. The molecule has 0 spiro atoms.